The second-order valence-electron chi connectivity index (χ2n) is 25.7. The van der Waals surface area contributed by atoms with Crippen molar-refractivity contribution in [1.29, 1.82) is 0 Å². The lowest BCUT2D eigenvalue weighted by Gasteiger charge is -2.08. The third kappa shape index (κ3) is 22.2. The highest BCUT2D eigenvalue weighted by Gasteiger charge is 2.38. The second kappa shape index (κ2) is 35.4. The van der Waals surface area contributed by atoms with Crippen molar-refractivity contribution in [3.8, 4) is 90.4 Å². The first-order chi connectivity index (χ1) is 56.7. The number of aromatic nitrogens is 8. The first-order valence-electron chi connectivity index (χ1n) is 34.4. The summed E-state index contributed by atoms with van der Waals surface area (Å²) in [5, 5.41) is 31.1. The smallest absolute Gasteiger partial charge is 0.435 e. The Bertz CT molecular complexity index is 6700. The molecule has 5 heterocycles. The SMILES string of the molecule is CS(=O)(=O)c1ccc(-n2nc(C(F)(F)F)cc2-c2ccc(F)cc2)cc1.Cc1nc(-c2ccccc2)c(-c2ccc(S(N)(=O)=O)cc2)o1.NS(=O)(=O)c1ccc(-c2cc(C(F)(F)F)nn2-c2ccccc2)cc1.NS(=O)(=O)c1ccc(-c2coc(=O)n2-c2ccc(F)cc2)cc1.NS(=O)(=O)c1ccc(-n2nc(C(F)(F)F)cc2-c2ccccc2)cc1. The molecule has 626 valence electrons. The number of sulfonamides is 4. The molecule has 10 aromatic carbocycles. The van der Waals surface area contributed by atoms with Crippen molar-refractivity contribution < 1.29 is 99.2 Å². The number of alkyl halides is 9. The number of oxazole rings is 2. The Labute approximate surface area is 681 Å². The average Bonchev–Trinajstić information content (AvgIpc) is 1.64. The van der Waals surface area contributed by atoms with Crippen molar-refractivity contribution in [2.75, 3.05) is 6.26 Å². The largest absolute Gasteiger partial charge is 0.440 e. The number of rotatable bonds is 15. The van der Waals surface area contributed by atoms with Crippen LogP contribution in [0.15, 0.2) is 323 Å². The summed E-state index contributed by atoms with van der Waals surface area (Å²) in [6, 6.07) is 67.0. The van der Waals surface area contributed by atoms with Crippen LogP contribution in [0.3, 0.4) is 0 Å². The zero-order valence-electron chi connectivity index (χ0n) is 62.0. The molecule has 0 aliphatic carbocycles. The van der Waals surface area contributed by atoms with E-state index in [4.69, 9.17) is 29.4 Å². The Morgan fingerprint density at radius 2 is 0.620 bits per heavy atom. The van der Waals surface area contributed by atoms with E-state index in [-0.39, 0.29) is 52.9 Å². The standard InChI is InChI=1S/C17H12F4N2O2S.2C16H12F3N3O2S.C16H14N2O3S.C15H11FN2O4S/c1-26(24,25)14-8-6-13(7-9-14)23-15(10-16(22-23)17(19,20)21)11-2-4-12(18)5-3-11;17-16(18,19)15-10-14(22(21-15)12-4-2-1-3-5-12)11-6-8-13(9-7-11)25(20,23)24;17-16(18,19)15-10-14(11-4-2-1-3-5-11)22(21-15)12-6-8-13(9-7-12)25(20,23)24;1-11-18-15(12-5-3-2-4-6-12)16(21-11)13-7-9-14(10-8-13)22(17,19)20;16-11-3-5-12(6-4-11)18-14(9-22-15(18)19)10-1-7-13(8-2-10)23(17,20)21/h2-10H,1H3;2*1-10H,(H2,20,23,24);2-10H,1H3,(H2,17,19,20);1-9H,(H2,17,20,21). The normalized spacial score (nSPS) is 12.0. The van der Waals surface area contributed by atoms with Crippen LogP contribution in [0.5, 0.6) is 0 Å². The van der Waals surface area contributed by atoms with Gasteiger partial charge in [0.25, 0.3) is 0 Å². The van der Waals surface area contributed by atoms with Crippen molar-refractivity contribution in [1.82, 2.24) is 38.9 Å². The number of sulfone groups is 1. The average molecular weight is 1770 g/mol. The summed E-state index contributed by atoms with van der Waals surface area (Å²) in [4.78, 5) is 16.1. The molecular weight excluding hydrogens is 1710 g/mol. The van der Waals surface area contributed by atoms with Gasteiger partial charge in [-0.3, -0.25) is 0 Å². The van der Waals surface area contributed by atoms with Crippen LogP contribution in [0.25, 0.3) is 90.4 Å². The quantitative estimate of drug-likeness (QED) is 0.0693. The highest BCUT2D eigenvalue weighted by molar-refractivity contribution is 7.91. The van der Waals surface area contributed by atoms with E-state index in [1.54, 1.807) is 79.7 Å². The number of halogens is 11. The molecule has 0 aliphatic rings. The monoisotopic (exact) mass is 1770 g/mol. The molecule has 0 bridgehead atoms. The highest BCUT2D eigenvalue weighted by Crippen LogP contribution is 2.39. The van der Waals surface area contributed by atoms with E-state index in [2.05, 4.69) is 20.3 Å². The van der Waals surface area contributed by atoms with Gasteiger partial charge in [0.05, 0.1) is 70.0 Å². The Morgan fingerprint density at radius 1 is 0.339 bits per heavy atom. The van der Waals surface area contributed by atoms with Gasteiger partial charge in [-0.15, -0.1) is 0 Å². The maximum Gasteiger partial charge on any atom is 0.435 e. The minimum atomic E-state index is -4.66. The van der Waals surface area contributed by atoms with Gasteiger partial charge in [-0.2, -0.15) is 54.8 Å². The van der Waals surface area contributed by atoms with Crippen molar-refractivity contribution >= 4 is 49.9 Å². The Kier molecular flexibility index (Phi) is 26.0. The van der Waals surface area contributed by atoms with E-state index in [9.17, 15) is 95.2 Å². The second-order valence-corrected chi connectivity index (χ2v) is 33.9. The zero-order valence-corrected chi connectivity index (χ0v) is 66.1. The van der Waals surface area contributed by atoms with Crippen LogP contribution >= 0.6 is 0 Å². The van der Waals surface area contributed by atoms with Crippen LogP contribution in [0.4, 0.5) is 48.3 Å². The number of aryl methyl sites for hydroxylation is 1. The molecular formula is C80H61F11N12O13S5. The predicted octanol–water partition coefficient (Wildman–Crippen LogP) is 15.4. The number of benzene rings is 10. The van der Waals surface area contributed by atoms with Crippen molar-refractivity contribution in [2.45, 2.75) is 49.9 Å². The molecule has 0 unspecified atom stereocenters. The molecule has 121 heavy (non-hydrogen) atoms. The number of para-hydroxylation sites is 1. The summed E-state index contributed by atoms with van der Waals surface area (Å²) >= 11 is 0. The molecule has 0 atom stereocenters. The van der Waals surface area contributed by atoms with Crippen molar-refractivity contribution in [3.05, 3.63) is 330 Å². The fraction of sp³-hybridized carbons (Fsp3) is 0.0625. The number of hydrogen-bond donors (Lipinski definition) is 4. The van der Waals surface area contributed by atoms with E-state index in [0.717, 1.165) is 67.5 Å². The maximum absolute atomic E-state index is 13.1. The number of hydrogen-bond acceptors (Lipinski definition) is 17. The number of nitrogens with zero attached hydrogens (tertiary/aromatic N) is 8. The molecule has 0 amide bonds. The van der Waals surface area contributed by atoms with Crippen molar-refractivity contribution in [2.24, 2.45) is 20.6 Å². The lowest BCUT2D eigenvalue weighted by atomic mass is 10.1. The summed E-state index contributed by atoms with van der Waals surface area (Å²) in [5.74, 6) is -0.436. The molecule has 0 saturated carbocycles. The van der Waals surface area contributed by atoms with Gasteiger partial charge in [0.1, 0.15) is 23.6 Å². The van der Waals surface area contributed by atoms with E-state index in [1.807, 2.05) is 30.3 Å². The van der Waals surface area contributed by atoms with Crippen LogP contribution in [0.2, 0.25) is 0 Å². The van der Waals surface area contributed by atoms with Crippen LogP contribution in [-0.2, 0) is 68.5 Å². The van der Waals surface area contributed by atoms with Gasteiger partial charge in [-0.1, -0.05) is 103 Å². The highest BCUT2D eigenvalue weighted by atomic mass is 32.2. The van der Waals surface area contributed by atoms with Gasteiger partial charge >= 0.3 is 24.3 Å². The zero-order chi connectivity index (χ0) is 88.0. The first kappa shape index (κ1) is 88.7. The summed E-state index contributed by atoms with van der Waals surface area (Å²) in [7, 11) is -18.7. The number of nitrogens with two attached hydrogens (primary N) is 4. The lowest BCUT2D eigenvalue weighted by molar-refractivity contribution is -0.142. The minimum Gasteiger partial charge on any atom is -0.440 e. The number of primary sulfonamides is 4. The van der Waals surface area contributed by atoms with E-state index >= 15 is 0 Å². The molecule has 0 spiro atoms. The fourth-order valence-electron chi connectivity index (χ4n) is 11.4. The molecule has 0 saturated heterocycles. The van der Waals surface area contributed by atoms with Crippen LogP contribution < -0.4 is 26.3 Å². The molecule has 0 aliphatic heterocycles. The van der Waals surface area contributed by atoms with Crippen LogP contribution in [0.1, 0.15) is 23.0 Å². The van der Waals surface area contributed by atoms with E-state index < -0.39 is 103 Å². The summed E-state index contributed by atoms with van der Waals surface area (Å²) in [6.07, 6.45) is -11.6. The van der Waals surface area contributed by atoms with E-state index in [1.165, 1.54) is 156 Å². The molecule has 0 fully saturated rings. The topological polar surface area (TPSA) is 389 Å². The minimum absolute atomic E-state index is 0.0350. The van der Waals surface area contributed by atoms with E-state index in [0.29, 0.717) is 51.0 Å². The molecule has 0 radical (unpaired) electrons. The molecule has 5 aromatic heterocycles. The van der Waals surface area contributed by atoms with Gasteiger partial charge in [0, 0.05) is 46.6 Å². The Hall–Kier alpha value is -13.1. The van der Waals surface area contributed by atoms with Crippen molar-refractivity contribution in [3.63, 3.8) is 0 Å². The Balaban J connectivity index is 0.000000148. The molecule has 15 aromatic rings. The molecule has 15 rings (SSSR count). The summed E-state index contributed by atoms with van der Waals surface area (Å²) < 4.78 is 272. The molecule has 25 nitrogen and oxygen atoms in total. The lowest BCUT2D eigenvalue weighted by Crippen LogP contribution is -2.13. The predicted molar refractivity (Wildman–Crippen MR) is 422 cm³/mol. The summed E-state index contributed by atoms with van der Waals surface area (Å²) in [6.45, 7) is 1.77. The van der Waals surface area contributed by atoms with Gasteiger partial charge in [-0.05, 0) is 176 Å². The van der Waals surface area contributed by atoms with Gasteiger partial charge in [0.15, 0.2) is 38.6 Å². The fourth-order valence-corrected chi connectivity index (χ4v) is 14.1. The third-order valence-corrected chi connectivity index (χ3v) is 21.9. The van der Waals surface area contributed by atoms with Crippen LogP contribution in [0, 0.1) is 18.6 Å². The van der Waals surface area contributed by atoms with Crippen LogP contribution in [-0.4, -0.2) is 87.2 Å². The Morgan fingerprint density at radius 3 is 0.967 bits per heavy atom. The molecule has 41 heteroatoms. The van der Waals surface area contributed by atoms with Gasteiger partial charge < -0.3 is 8.83 Å². The summed E-state index contributed by atoms with van der Waals surface area (Å²) in [5.41, 5.74) is 3.33. The first-order valence-corrected chi connectivity index (χ1v) is 42.5. The molecule has 8 N–H and O–H groups in total. The maximum atomic E-state index is 13.1. The van der Waals surface area contributed by atoms with Gasteiger partial charge in [0.2, 0.25) is 40.1 Å². The third-order valence-electron chi connectivity index (χ3n) is 17.1. The van der Waals surface area contributed by atoms with Gasteiger partial charge in [-0.25, -0.2) is 99.8 Å².